The molecular weight excluding hydrogens is 278 g/mol. The number of ether oxygens (including phenoxy) is 1. The molecule has 0 aromatic heterocycles. The summed E-state index contributed by atoms with van der Waals surface area (Å²) < 4.78 is 5.58. The Morgan fingerprint density at radius 3 is 2.70 bits per heavy atom. The molecule has 0 saturated carbocycles. The fraction of sp³-hybridized carbons (Fsp3) is 0.0667. The van der Waals surface area contributed by atoms with Crippen LogP contribution in [0.5, 0.6) is 11.5 Å². The van der Waals surface area contributed by atoms with Crippen LogP contribution < -0.4 is 4.74 Å². The number of halogens is 1. The Bertz CT molecular complexity index is 720. The van der Waals surface area contributed by atoms with Crippen LogP contribution in [0.15, 0.2) is 36.4 Å². The van der Waals surface area contributed by atoms with E-state index in [1.165, 1.54) is 12.1 Å². The van der Waals surface area contributed by atoms with Crippen LogP contribution in [0.2, 0.25) is 5.02 Å². The summed E-state index contributed by atoms with van der Waals surface area (Å²) in [6.07, 6.45) is 0. The van der Waals surface area contributed by atoms with E-state index in [0.717, 1.165) is 5.56 Å². The van der Waals surface area contributed by atoms with Crippen molar-refractivity contribution in [3.63, 3.8) is 0 Å². The lowest BCUT2D eigenvalue weighted by Gasteiger charge is -2.09. The summed E-state index contributed by atoms with van der Waals surface area (Å²) in [4.78, 5) is 11.0. The molecule has 0 aliphatic heterocycles. The summed E-state index contributed by atoms with van der Waals surface area (Å²) in [7, 11) is 0. The molecule has 2 aromatic rings. The Morgan fingerprint density at radius 1 is 1.30 bits per heavy atom. The van der Waals surface area contributed by atoms with E-state index in [2.05, 4.69) is 0 Å². The predicted octanol–water partition coefficient (Wildman–Crippen LogP) is 4.01. The van der Waals surface area contributed by atoms with Crippen molar-refractivity contribution in [2.45, 2.75) is 6.92 Å². The molecule has 0 fully saturated rings. The minimum absolute atomic E-state index is 0.0460. The van der Waals surface area contributed by atoms with E-state index < -0.39 is 5.97 Å². The van der Waals surface area contributed by atoms with Crippen molar-refractivity contribution < 1.29 is 14.6 Å². The van der Waals surface area contributed by atoms with Crippen molar-refractivity contribution >= 4 is 17.6 Å². The minimum Gasteiger partial charge on any atom is -0.478 e. The molecular formula is C15H10ClNO3. The highest BCUT2D eigenvalue weighted by atomic mass is 35.5. The lowest BCUT2D eigenvalue weighted by atomic mass is 10.1. The second-order valence-electron chi connectivity index (χ2n) is 4.16. The quantitative estimate of drug-likeness (QED) is 0.926. The molecule has 100 valence electrons. The Morgan fingerprint density at radius 2 is 2.05 bits per heavy atom. The number of benzene rings is 2. The van der Waals surface area contributed by atoms with E-state index >= 15 is 0 Å². The molecule has 2 rings (SSSR count). The van der Waals surface area contributed by atoms with Gasteiger partial charge in [-0.3, -0.25) is 0 Å². The van der Waals surface area contributed by atoms with E-state index in [9.17, 15) is 4.79 Å². The molecule has 0 amide bonds. The Kier molecular flexibility index (Phi) is 3.92. The van der Waals surface area contributed by atoms with Crippen LogP contribution in [-0.2, 0) is 0 Å². The number of carboxylic acids is 1. The van der Waals surface area contributed by atoms with Gasteiger partial charge < -0.3 is 9.84 Å². The second kappa shape index (κ2) is 5.64. The zero-order chi connectivity index (χ0) is 14.7. The maximum Gasteiger partial charge on any atom is 0.337 e. The number of carbonyl (C=O) groups is 1. The Hall–Kier alpha value is -2.51. The Balaban J connectivity index is 2.40. The van der Waals surface area contributed by atoms with Gasteiger partial charge in [-0.2, -0.15) is 5.26 Å². The van der Waals surface area contributed by atoms with Gasteiger partial charge in [0, 0.05) is 0 Å². The topological polar surface area (TPSA) is 70.3 Å². The monoisotopic (exact) mass is 287 g/mol. The molecule has 0 bridgehead atoms. The maximum atomic E-state index is 11.0. The highest BCUT2D eigenvalue weighted by Gasteiger charge is 2.11. The van der Waals surface area contributed by atoms with Gasteiger partial charge in [-0.1, -0.05) is 17.7 Å². The number of hydrogen-bond donors (Lipinski definition) is 1. The molecule has 0 atom stereocenters. The van der Waals surface area contributed by atoms with Crippen molar-refractivity contribution in [3.8, 4) is 17.6 Å². The number of aromatic carboxylic acids is 1. The van der Waals surface area contributed by atoms with Crippen molar-refractivity contribution in [2.75, 3.05) is 0 Å². The fourth-order valence-corrected chi connectivity index (χ4v) is 1.86. The normalized spacial score (nSPS) is 9.85. The lowest BCUT2D eigenvalue weighted by molar-refractivity contribution is 0.0696. The summed E-state index contributed by atoms with van der Waals surface area (Å²) in [6, 6.07) is 11.5. The van der Waals surface area contributed by atoms with Crippen LogP contribution in [0.4, 0.5) is 0 Å². The van der Waals surface area contributed by atoms with Gasteiger partial charge in [0.15, 0.2) is 0 Å². The molecule has 0 heterocycles. The third-order valence-corrected chi connectivity index (χ3v) is 2.98. The van der Waals surface area contributed by atoms with Gasteiger partial charge in [-0.25, -0.2) is 4.79 Å². The van der Waals surface area contributed by atoms with Crippen LogP contribution in [0.3, 0.4) is 0 Å². The summed E-state index contributed by atoms with van der Waals surface area (Å²) in [5.74, 6) is -0.440. The molecule has 0 saturated heterocycles. The summed E-state index contributed by atoms with van der Waals surface area (Å²) in [5.41, 5.74) is 1.27. The predicted molar refractivity (Wildman–Crippen MR) is 74.4 cm³/mol. The van der Waals surface area contributed by atoms with E-state index in [1.807, 2.05) is 13.0 Å². The smallest absolute Gasteiger partial charge is 0.337 e. The molecule has 2 aromatic carbocycles. The molecule has 5 heteroatoms. The number of hydrogen-bond acceptors (Lipinski definition) is 3. The van der Waals surface area contributed by atoms with Gasteiger partial charge in [0.2, 0.25) is 0 Å². The average Bonchev–Trinajstić information content (AvgIpc) is 2.41. The minimum atomic E-state index is -1.13. The van der Waals surface area contributed by atoms with E-state index in [4.69, 9.17) is 26.7 Å². The summed E-state index contributed by atoms with van der Waals surface area (Å²) in [6.45, 7) is 1.87. The van der Waals surface area contributed by atoms with Gasteiger partial charge in [-0.15, -0.1) is 0 Å². The van der Waals surface area contributed by atoms with Gasteiger partial charge in [0.05, 0.1) is 16.1 Å². The highest BCUT2D eigenvalue weighted by molar-refractivity contribution is 6.33. The first-order valence-electron chi connectivity index (χ1n) is 5.72. The number of aryl methyl sites for hydroxylation is 1. The number of nitriles is 1. The molecule has 0 spiro atoms. The van der Waals surface area contributed by atoms with Crippen molar-refractivity contribution in [3.05, 3.63) is 58.1 Å². The average molecular weight is 288 g/mol. The zero-order valence-electron chi connectivity index (χ0n) is 10.6. The fourth-order valence-electron chi connectivity index (χ4n) is 1.67. The molecule has 0 unspecified atom stereocenters. The first kappa shape index (κ1) is 13.9. The number of carboxylic acid groups (broad SMARTS) is 1. The number of nitrogens with zero attached hydrogens (tertiary/aromatic N) is 1. The largest absolute Gasteiger partial charge is 0.478 e. The third kappa shape index (κ3) is 2.90. The SMILES string of the molecule is Cc1ccc(C#N)c(Oc2ccc(Cl)c(C(=O)O)c2)c1. The second-order valence-corrected chi connectivity index (χ2v) is 4.57. The van der Waals surface area contributed by atoms with E-state index in [-0.39, 0.29) is 10.6 Å². The first-order chi connectivity index (χ1) is 9.51. The van der Waals surface area contributed by atoms with Crippen LogP contribution in [0, 0.1) is 18.3 Å². The van der Waals surface area contributed by atoms with Gasteiger partial charge in [0.1, 0.15) is 17.6 Å². The summed E-state index contributed by atoms with van der Waals surface area (Å²) >= 11 is 5.79. The van der Waals surface area contributed by atoms with E-state index in [0.29, 0.717) is 17.1 Å². The van der Waals surface area contributed by atoms with E-state index in [1.54, 1.807) is 24.3 Å². The lowest BCUT2D eigenvalue weighted by Crippen LogP contribution is -1.98. The molecule has 1 N–H and O–H groups in total. The molecule has 0 aliphatic carbocycles. The zero-order valence-corrected chi connectivity index (χ0v) is 11.3. The van der Waals surface area contributed by atoms with Crippen molar-refractivity contribution in [2.24, 2.45) is 0 Å². The Labute approximate surface area is 120 Å². The van der Waals surface area contributed by atoms with Crippen LogP contribution >= 0.6 is 11.6 Å². The molecule has 0 aliphatic rings. The molecule has 0 radical (unpaired) electrons. The van der Waals surface area contributed by atoms with Crippen molar-refractivity contribution in [1.82, 2.24) is 0 Å². The van der Waals surface area contributed by atoms with Crippen LogP contribution in [-0.4, -0.2) is 11.1 Å². The molecule has 20 heavy (non-hydrogen) atoms. The maximum absolute atomic E-state index is 11.0. The van der Waals surface area contributed by atoms with Gasteiger partial charge >= 0.3 is 5.97 Å². The van der Waals surface area contributed by atoms with Crippen LogP contribution in [0.1, 0.15) is 21.5 Å². The number of rotatable bonds is 3. The first-order valence-corrected chi connectivity index (χ1v) is 6.10. The third-order valence-electron chi connectivity index (χ3n) is 2.65. The van der Waals surface area contributed by atoms with Gasteiger partial charge in [0.25, 0.3) is 0 Å². The van der Waals surface area contributed by atoms with Gasteiger partial charge in [-0.05, 0) is 42.8 Å². The highest BCUT2D eigenvalue weighted by Crippen LogP contribution is 2.29. The molecule has 4 nitrogen and oxygen atoms in total. The standard InChI is InChI=1S/C15H10ClNO3/c1-9-2-3-10(8-17)14(6-9)20-11-4-5-13(16)12(7-11)15(18)19/h2-7H,1H3,(H,18,19). The summed E-state index contributed by atoms with van der Waals surface area (Å²) in [5, 5.41) is 18.2. The van der Waals surface area contributed by atoms with Crippen LogP contribution in [0.25, 0.3) is 0 Å². The van der Waals surface area contributed by atoms with Crippen molar-refractivity contribution in [1.29, 1.82) is 5.26 Å².